The Bertz CT molecular complexity index is 365. The van der Waals surface area contributed by atoms with E-state index in [4.69, 9.17) is 0 Å². The van der Waals surface area contributed by atoms with Crippen LogP contribution < -0.4 is 5.32 Å². The van der Waals surface area contributed by atoms with Crippen LogP contribution in [0.2, 0.25) is 0 Å². The molecule has 0 bridgehead atoms. The van der Waals surface area contributed by atoms with E-state index in [9.17, 15) is 4.79 Å². The number of likely N-dealkylation sites (N-methyl/N-ethyl adjacent to an activating group) is 1. The predicted octanol–water partition coefficient (Wildman–Crippen LogP) is 1.80. The molecule has 0 unspecified atom stereocenters. The van der Waals surface area contributed by atoms with Crippen LogP contribution >= 0.6 is 15.9 Å². The number of nitrogens with zero attached hydrogens (tertiary/aromatic N) is 2. The lowest BCUT2D eigenvalue weighted by Gasteiger charge is -2.16. The second-order valence-corrected chi connectivity index (χ2v) is 5.28. The highest BCUT2D eigenvalue weighted by Gasteiger charge is 2.08. The normalized spacial score (nSPS) is 10.9. The fourth-order valence-electron chi connectivity index (χ4n) is 1.45. The molecule has 0 saturated carbocycles. The zero-order valence-corrected chi connectivity index (χ0v) is 12.0. The maximum atomic E-state index is 11.5. The SMILES string of the molecule is CC(C)NC(=O)CN(C)Cc1ccc(Br)cn1. The number of aromatic nitrogens is 1. The van der Waals surface area contributed by atoms with E-state index >= 15 is 0 Å². The maximum Gasteiger partial charge on any atom is 0.234 e. The molecule has 0 saturated heterocycles. The number of nitrogens with one attached hydrogen (secondary N) is 1. The van der Waals surface area contributed by atoms with E-state index in [1.807, 2.05) is 37.9 Å². The largest absolute Gasteiger partial charge is 0.353 e. The summed E-state index contributed by atoms with van der Waals surface area (Å²) in [5.41, 5.74) is 0.952. The van der Waals surface area contributed by atoms with Crippen molar-refractivity contribution in [1.82, 2.24) is 15.2 Å². The summed E-state index contributed by atoms with van der Waals surface area (Å²) in [6, 6.07) is 4.08. The third-order valence-corrected chi connectivity index (χ3v) is 2.55. The second-order valence-electron chi connectivity index (χ2n) is 4.36. The Hall–Kier alpha value is -0.940. The van der Waals surface area contributed by atoms with Crippen molar-refractivity contribution in [3.05, 3.63) is 28.5 Å². The topological polar surface area (TPSA) is 45.2 Å². The van der Waals surface area contributed by atoms with Gasteiger partial charge in [-0.1, -0.05) is 0 Å². The molecule has 1 aromatic rings. The van der Waals surface area contributed by atoms with Crippen molar-refractivity contribution in [3.63, 3.8) is 0 Å². The van der Waals surface area contributed by atoms with Crippen LogP contribution in [-0.4, -0.2) is 35.4 Å². The summed E-state index contributed by atoms with van der Waals surface area (Å²) in [6.07, 6.45) is 1.76. The van der Waals surface area contributed by atoms with Gasteiger partial charge in [-0.05, 0) is 49.0 Å². The Morgan fingerprint density at radius 1 is 1.53 bits per heavy atom. The summed E-state index contributed by atoms with van der Waals surface area (Å²) in [5.74, 6) is 0.0413. The van der Waals surface area contributed by atoms with Crippen molar-refractivity contribution in [3.8, 4) is 0 Å². The Kier molecular flexibility index (Phi) is 5.58. The summed E-state index contributed by atoms with van der Waals surface area (Å²) in [5, 5.41) is 2.86. The maximum absolute atomic E-state index is 11.5. The molecule has 0 fully saturated rings. The minimum absolute atomic E-state index is 0.0413. The van der Waals surface area contributed by atoms with Gasteiger partial charge >= 0.3 is 0 Å². The molecule has 0 aromatic carbocycles. The first kappa shape index (κ1) is 14.1. The van der Waals surface area contributed by atoms with E-state index in [2.05, 4.69) is 26.2 Å². The highest BCUT2D eigenvalue weighted by atomic mass is 79.9. The summed E-state index contributed by atoms with van der Waals surface area (Å²) < 4.78 is 0.960. The molecule has 1 heterocycles. The number of carbonyl (C=O) groups excluding carboxylic acids is 1. The summed E-state index contributed by atoms with van der Waals surface area (Å²) >= 11 is 3.34. The van der Waals surface area contributed by atoms with Crippen LogP contribution in [0.15, 0.2) is 22.8 Å². The summed E-state index contributed by atoms with van der Waals surface area (Å²) in [4.78, 5) is 17.7. The summed E-state index contributed by atoms with van der Waals surface area (Å²) in [7, 11) is 1.91. The number of pyridine rings is 1. The molecule has 1 rings (SSSR count). The molecule has 5 heteroatoms. The van der Waals surface area contributed by atoms with Gasteiger partial charge in [0, 0.05) is 23.3 Å². The first-order chi connectivity index (χ1) is 7.97. The van der Waals surface area contributed by atoms with Crippen LogP contribution in [0.4, 0.5) is 0 Å². The lowest BCUT2D eigenvalue weighted by Crippen LogP contribution is -2.38. The lowest BCUT2D eigenvalue weighted by atomic mass is 10.3. The number of rotatable bonds is 5. The molecule has 1 aromatic heterocycles. The average Bonchev–Trinajstić information content (AvgIpc) is 2.19. The fraction of sp³-hybridized carbons (Fsp3) is 0.500. The smallest absolute Gasteiger partial charge is 0.234 e. The predicted molar refractivity (Wildman–Crippen MR) is 71.5 cm³/mol. The average molecular weight is 300 g/mol. The molecule has 0 radical (unpaired) electrons. The van der Waals surface area contributed by atoms with Gasteiger partial charge in [0.1, 0.15) is 0 Å². The molecule has 1 amide bonds. The summed E-state index contributed by atoms with van der Waals surface area (Å²) in [6.45, 7) is 4.96. The first-order valence-corrected chi connectivity index (χ1v) is 6.35. The van der Waals surface area contributed by atoms with E-state index in [1.54, 1.807) is 6.20 Å². The van der Waals surface area contributed by atoms with Crippen LogP contribution in [0.5, 0.6) is 0 Å². The Morgan fingerprint density at radius 2 is 2.24 bits per heavy atom. The van der Waals surface area contributed by atoms with Crippen molar-refractivity contribution in [2.24, 2.45) is 0 Å². The van der Waals surface area contributed by atoms with Crippen LogP contribution in [0.25, 0.3) is 0 Å². The van der Waals surface area contributed by atoms with Gasteiger partial charge in [0.15, 0.2) is 0 Å². The first-order valence-electron chi connectivity index (χ1n) is 5.55. The number of carbonyl (C=O) groups is 1. The molecule has 17 heavy (non-hydrogen) atoms. The Labute approximate surface area is 111 Å². The molecule has 0 spiro atoms. The van der Waals surface area contributed by atoms with Crippen molar-refractivity contribution in [1.29, 1.82) is 0 Å². The van der Waals surface area contributed by atoms with Crippen molar-refractivity contribution in [2.45, 2.75) is 26.4 Å². The van der Waals surface area contributed by atoms with Crippen LogP contribution in [-0.2, 0) is 11.3 Å². The fourth-order valence-corrected chi connectivity index (χ4v) is 1.68. The second kappa shape index (κ2) is 6.71. The molecule has 0 aliphatic rings. The van der Waals surface area contributed by atoms with Gasteiger partial charge in [-0.3, -0.25) is 14.7 Å². The standard InChI is InChI=1S/C12H18BrN3O/c1-9(2)15-12(17)8-16(3)7-11-5-4-10(13)6-14-11/h4-6,9H,7-8H2,1-3H3,(H,15,17). The quantitative estimate of drug-likeness (QED) is 0.902. The van der Waals surface area contributed by atoms with Gasteiger partial charge in [0.25, 0.3) is 0 Å². The molecule has 0 atom stereocenters. The molecule has 0 aliphatic heterocycles. The lowest BCUT2D eigenvalue weighted by molar-refractivity contribution is -0.122. The van der Waals surface area contributed by atoms with Crippen LogP contribution in [0, 0.1) is 0 Å². The minimum atomic E-state index is 0.0413. The van der Waals surface area contributed by atoms with Gasteiger partial charge < -0.3 is 5.32 Å². The van der Waals surface area contributed by atoms with Crippen molar-refractivity contribution in [2.75, 3.05) is 13.6 Å². The third-order valence-electron chi connectivity index (χ3n) is 2.08. The zero-order valence-electron chi connectivity index (χ0n) is 10.4. The molecule has 1 N–H and O–H groups in total. The number of hydrogen-bond acceptors (Lipinski definition) is 3. The highest BCUT2D eigenvalue weighted by molar-refractivity contribution is 9.10. The molecule has 94 valence electrons. The van der Waals surface area contributed by atoms with E-state index < -0.39 is 0 Å². The molecule has 4 nitrogen and oxygen atoms in total. The van der Waals surface area contributed by atoms with E-state index in [0.29, 0.717) is 13.1 Å². The number of amides is 1. The molecular formula is C12H18BrN3O. The molecular weight excluding hydrogens is 282 g/mol. The van der Waals surface area contributed by atoms with Gasteiger partial charge in [-0.2, -0.15) is 0 Å². The van der Waals surface area contributed by atoms with Crippen molar-refractivity contribution >= 4 is 21.8 Å². The Morgan fingerprint density at radius 3 is 2.76 bits per heavy atom. The Balaban J connectivity index is 2.41. The number of halogens is 1. The van der Waals surface area contributed by atoms with E-state index in [0.717, 1.165) is 10.2 Å². The van der Waals surface area contributed by atoms with E-state index in [1.165, 1.54) is 0 Å². The van der Waals surface area contributed by atoms with Crippen molar-refractivity contribution < 1.29 is 4.79 Å². The van der Waals surface area contributed by atoms with Gasteiger partial charge in [-0.25, -0.2) is 0 Å². The third kappa shape index (κ3) is 5.79. The molecule has 0 aliphatic carbocycles. The minimum Gasteiger partial charge on any atom is -0.353 e. The number of hydrogen-bond donors (Lipinski definition) is 1. The van der Waals surface area contributed by atoms with Crippen LogP contribution in [0.3, 0.4) is 0 Å². The van der Waals surface area contributed by atoms with Gasteiger partial charge in [0.05, 0.1) is 12.2 Å². The highest BCUT2D eigenvalue weighted by Crippen LogP contribution is 2.08. The van der Waals surface area contributed by atoms with E-state index in [-0.39, 0.29) is 11.9 Å². The van der Waals surface area contributed by atoms with Crippen LogP contribution in [0.1, 0.15) is 19.5 Å². The van der Waals surface area contributed by atoms with Gasteiger partial charge in [0.2, 0.25) is 5.91 Å². The zero-order chi connectivity index (χ0) is 12.8. The van der Waals surface area contributed by atoms with Gasteiger partial charge in [-0.15, -0.1) is 0 Å². The monoisotopic (exact) mass is 299 g/mol.